The highest BCUT2D eigenvalue weighted by molar-refractivity contribution is 7.45. The molecule has 0 saturated carbocycles. The molecular weight excluding hydrogens is 1060 g/mol. The Morgan fingerprint density at radius 1 is 0.429 bits per heavy atom. The number of hydrogen-bond acceptors (Lipinski definition) is 7. The summed E-state index contributed by atoms with van der Waals surface area (Å²) in [7, 11) is 1.14. The Bertz CT molecular complexity index is 1760. The molecule has 10 heteroatoms. The topological polar surface area (TPSA) is 114 Å². The van der Waals surface area contributed by atoms with E-state index in [9.17, 15) is 19.0 Å². The van der Waals surface area contributed by atoms with Crippen molar-refractivity contribution in [1.82, 2.24) is 5.32 Å². The molecule has 0 aromatic rings. The molecule has 0 saturated heterocycles. The minimum Gasteiger partial charge on any atom is -0.756 e. The Morgan fingerprint density at radius 3 is 1.17 bits per heavy atom. The molecule has 9 nitrogen and oxygen atoms in total. The SMILES string of the molecule is CC/C=C\C/C=C\C/C=C\C/C=C\C/C=C\C/C=C\CCC(=O)NC(COP(=O)([O-])OCC[N+](C)(C)C)C(/C=C\CCCCCCCCCCCC)OC(=O)CCCCCCCCCCCCCCCCCCC/C=C/CCCCCCCC. The maximum Gasteiger partial charge on any atom is 0.306 e. The lowest BCUT2D eigenvalue weighted by atomic mass is 10.0. The highest BCUT2D eigenvalue weighted by atomic mass is 31.2. The molecule has 0 aliphatic rings. The van der Waals surface area contributed by atoms with Gasteiger partial charge in [-0.05, 0) is 96.0 Å². The molecule has 0 radical (unpaired) electrons. The van der Waals surface area contributed by atoms with Gasteiger partial charge in [0, 0.05) is 12.8 Å². The number of quaternary nitrogens is 1. The summed E-state index contributed by atoms with van der Waals surface area (Å²) in [4.78, 5) is 40.1. The van der Waals surface area contributed by atoms with Crippen LogP contribution in [0.4, 0.5) is 0 Å². The third-order valence-electron chi connectivity index (χ3n) is 15.3. The van der Waals surface area contributed by atoms with Gasteiger partial charge in [-0.2, -0.15) is 0 Å². The molecule has 0 aromatic heterocycles. The predicted octanol–water partition coefficient (Wildman–Crippen LogP) is 21.7. The first-order valence-electron chi connectivity index (χ1n) is 35.0. The number of rotatable bonds is 63. The largest absolute Gasteiger partial charge is 0.756 e. The average Bonchev–Trinajstić information content (AvgIpc) is 3.64. The van der Waals surface area contributed by atoms with E-state index in [4.69, 9.17) is 13.8 Å². The number of hydrogen-bond donors (Lipinski definition) is 1. The Kier molecular flexibility index (Phi) is 60.7. The molecule has 486 valence electrons. The van der Waals surface area contributed by atoms with E-state index in [0.717, 1.165) is 77.0 Å². The van der Waals surface area contributed by atoms with Crippen LogP contribution in [0, 0.1) is 0 Å². The van der Waals surface area contributed by atoms with Crippen molar-refractivity contribution < 1.29 is 37.3 Å². The normalized spacial score (nSPS) is 14.1. The van der Waals surface area contributed by atoms with Gasteiger partial charge in [-0.15, -0.1) is 0 Å². The first-order chi connectivity index (χ1) is 40.9. The van der Waals surface area contributed by atoms with Gasteiger partial charge in [0.25, 0.3) is 7.82 Å². The van der Waals surface area contributed by atoms with Crippen LogP contribution in [0.25, 0.3) is 0 Å². The Morgan fingerprint density at radius 2 is 0.774 bits per heavy atom. The highest BCUT2D eigenvalue weighted by Gasteiger charge is 2.27. The highest BCUT2D eigenvalue weighted by Crippen LogP contribution is 2.38. The van der Waals surface area contributed by atoms with Crippen LogP contribution in [0.1, 0.15) is 310 Å². The van der Waals surface area contributed by atoms with E-state index in [0.29, 0.717) is 17.4 Å². The molecule has 0 spiro atoms. The van der Waals surface area contributed by atoms with E-state index in [1.165, 1.54) is 193 Å². The fraction of sp³-hybridized carbons (Fsp3) is 0.757. The number of amides is 1. The number of likely N-dealkylation sites (N-methyl/N-ethyl adjacent to an activating group) is 1. The lowest BCUT2D eigenvalue weighted by molar-refractivity contribution is -0.870. The number of esters is 1. The number of phosphoric acid groups is 1. The van der Waals surface area contributed by atoms with E-state index < -0.39 is 26.6 Å². The van der Waals surface area contributed by atoms with E-state index in [-0.39, 0.29) is 31.3 Å². The predicted molar refractivity (Wildman–Crippen MR) is 362 cm³/mol. The zero-order chi connectivity index (χ0) is 61.4. The van der Waals surface area contributed by atoms with Crippen LogP contribution in [0.2, 0.25) is 0 Å². The van der Waals surface area contributed by atoms with Crippen LogP contribution in [-0.2, 0) is 27.9 Å². The minimum atomic E-state index is -4.73. The van der Waals surface area contributed by atoms with Crippen molar-refractivity contribution in [2.75, 3.05) is 40.9 Å². The van der Waals surface area contributed by atoms with Crippen molar-refractivity contribution >= 4 is 19.7 Å². The van der Waals surface area contributed by atoms with Gasteiger partial charge in [0.2, 0.25) is 5.91 Å². The van der Waals surface area contributed by atoms with E-state index in [1.54, 1.807) is 0 Å². The smallest absolute Gasteiger partial charge is 0.306 e. The molecule has 0 rings (SSSR count). The average molecular weight is 1190 g/mol. The maximum absolute atomic E-state index is 13.5. The fourth-order valence-corrected chi connectivity index (χ4v) is 10.6. The van der Waals surface area contributed by atoms with Gasteiger partial charge < -0.3 is 28.5 Å². The summed E-state index contributed by atoms with van der Waals surface area (Å²) < 4.78 is 30.4. The van der Waals surface area contributed by atoms with Crippen LogP contribution < -0.4 is 10.2 Å². The van der Waals surface area contributed by atoms with Crippen LogP contribution in [0.15, 0.2) is 97.2 Å². The molecule has 0 aliphatic carbocycles. The van der Waals surface area contributed by atoms with Gasteiger partial charge in [0.05, 0.1) is 33.8 Å². The Hall–Kier alpha value is -3.07. The van der Waals surface area contributed by atoms with Crippen LogP contribution in [0.5, 0.6) is 0 Å². The van der Waals surface area contributed by atoms with Crippen molar-refractivity contribution in [1.29, 1.82) is 0 Å². The molecule has 1 amide bonds. The number of ether oxygens (including phenoxy) is 1. The van der Waals surface area contributed by atoms with Crippen LogP contribution >= 0.6 is 7.82 Å². The zero-order valence-electron chi connectivity index (χ0n) is 55.6. The summed E-state index contributed by atoms with van der Waals surface area (Å²) >= 11 is 0. The van der Waals surface area contributed by atoms with Gasteiger partial charge in [-0.1, -0.05) is 298 Å². The van der Waals surface area contributed by atoms with Crippen molar-refractivity contribution in [2.45, 2.75) is 322 Å². The standard InChI is InChI=1S/C74H133N2O7P/c1-7-10-13-16-19-22-25-28-30-32-34-35-36-37-38-39-40-41-43-45-47-49-52-55-58-61-64-67-74(78)83-72(65-62-59-56-53-50-27-24-21-18-15-12-9-3)71(70-82-84(79,80)81-69-68-76(4,5)6)75-73(77)66-63-60-57-54-51-48-46-44-42-33-31-29-26-23-20-17-14-11-8-2/h11,14,20,23,28-31,42,44,48,51,57,60,62,65,71-72H,7-10,12-13,15-19,21-22,24-27,32-41,43,45-47,49-50,52-56,58-59,61,63-64,66-70H2,1-6H3,(H-,75,77,79,80)/b14-11-,23-20-,30-28+,31-29-,44-42-,51-48-,60-57-,65-62-. The summed E-state index contributed by atoms with van der Waals surface area (Å²) in [5.41, 5.74) is 0. The molecule has 0 bridgehead atoms. The van der Waals surface area contributed by atoms with Crippen molar-refractivity contribution in [3.05, 3.63) is 97.2 Å². The van der Waals surface area contributed by atoms with Gasteiger partial charge in [0.15, 0.2) is 0 Å². The zero-order valence-corrected chi connectivity index (χ0v) is 56.5. The number of carbonyl (C=O) groups is 2. The van der Waals surface area contributed by atoms with Crippen molar-refractivity contribution in [2.24, 2.45) is 0 Å². The summed E-state index contributed by atoms with van der Waals surface area (Å²) in [6.45, 7) is 6.69. The molecule has 0 aromatic carbocycles. The molecule has 0 fully saturated rings. The second-order valence-corrected chi connectivity index (χ2v) is 26.1. The van der Waals surface area contributed by atoms with Gasteiger partial charge in [-0.25, -0.2) is 0 Å². The second-order valence-electron chi connectivity index (χ2n) is 24.6. The first-order valence-corrected chi connectivity index (χ1v) is 36.5. The summed E-state index contributed by atoms with van der Waals surface area (Å²) in [5, 5.41) is 2.99. The van der Waals surface area contributed by atoms with Gasteiger partial charge in [-0.3, -0.25) is 14.2 Å². The molecule has 0 heterocycles. The van der Waals surface area contributed by atoms with Crippen molar-refractivity contribution in [3.8, 4) is 0 Å². The van der Waals surface area contributed by atoms with E-state index >= 15 is 0 Å². The quantitative estimate of drug-likeness (QED) is 0.0212. The number of allylic oxidation sites excluding steroid dienone is 15. The molecule has 0 aliphatic heterocycles. The van der Waals surface area contributed by atoms with Gasteiger partial charge >= 0.3 is 5.97 Å². The molecular formula is C74H133N2O7P. The number of unbranched alkanes of at least 4 members (excludes halogenated alkanes) is 33. The number of phosphoric ester groups is 1. The minimum absolute atomic E-state index is 0.0388. The molecule has 3 unspecified atom stereocenters. The monoisotopic (exact) mass is 1190 g/mol. The third-order valence-corrected chi connectivity index (χ3v) is 16.2. The lowest BCUT2D eigenvalue weighted by Gasteiger charge is -2.30. The summed E-state index contributed by atoms with van der Waals surface area (Å²) in [5.74, 6) is -0.634. The van der Waals surface area contributed by atoms with Crippen LogP contribution in [0.3, 0.4) is 0 Å². The van der Waals surface area contributed by atoms with Crippen molar-refractivity contribution in [3.63, 3.8) is 0 Å². The van der Waals surface area contributed by atoms with E-state index in [2.05, 4.69) is 99.0 Å². The number of carbonyl (C=O) groups excluding carboxylic acids is 2. The second kappa shape index (κ2) is 63.0. The Labute approximate surface area is 519 Å². The Balaban J connectivity index is 5.11. The lowest BCUT2D eigenvalue weighted by Crippen LogP contribution is -2.47. The van der Waals surface area contributed by atoms with E-state index in [1.807, 2.05) is 45.4 Å². The molecule has 84 heavy (non-hydrogen) atoms. The first kappa shape index (κ1) is 80.9. The fourth-order valence-electron chi connectivity index (χ4n) is 9.89. The maximum atomic E-state index is 13.5. The van der Waals surface area contributed by atoms with Gasteiger partial charge in [0.1, 0.15) is 19.3 Å². The molecule has 1 N–H and O–H groups in total. The summed E-state index contributed by atoms with van der Waals surface area (Å²) in [6, 6.07) is -0.933. The number of nitrogens with zero attached hydrogens (tertiary/aromatic N) is 1. The third kappa shape index (κ3) is 63.4. The number of nitrogens with one attached hydrogen (secondary N) is 1. The molecule has 3 atom stereocenters. The van der Waals surface area contributed by atoms with Crippen LogP contribution in [-0.4, -0.2) is 69.4 Å². The summed E-state index contributed by atoms with van der Waals surface area (Å²) in [6.07, 6.45) is 85.6.